The van der Waals surface area contributed by atoms with E-state index in [-0.39, 0.29) is 6.10 Å². The van der Waals surface area contributed by atoms with Crippen LogP contribution in [0.15, 0.2) is 0 Å². The van der Waals surface area contributed by atoms with Crippen molar-refractivity contribution in [2.45, 2.75) is 33.8 Å². The first-order valence-corrected chi connectivity index (χ1v) is 4.12. The van der Waals surface area contributed by atoms with Crippen LogP contribution in [0.25, 0.3) is 0 Å². The number of hydrogen-bond donors (Lipinski definition) is 0. The Labute approximate surface area is 78.2 Å². The Kier molecular flexibility index (Phi) is 3.91. The van der Waals surface area contributed by atoms with Gasteiger partial charge in [-0.1, -0.05) is 0 Å². The molecule has 0 radical (unpaired) electrons. The zero-order valence-corrected chi connectivity index (χ0v) is 8.71. The lowest BCUT2D eigenvalue weighted by molar-refractivity contribution is -0.170. The fourth-order valence-corrected chi connectivity index (χ4v) is 0.700. The van der Waals surface area contributed by atoms with Crippen LogP contribution in [0.3, 0.4) is 0 Å². The maximum absolute atomic E-state index is 11.4. The molecular formula is C9H16O4. The Morgan fingerprint density at radius 2 is 1.62 bits per heavy atom. The van der Waals surface area contributed by atoms with E-state index in [9.17, 15) is 9.59 Å². The van der Waals surface area contributed by atoms with Gasteiger partial charge in [-0.2, -0.15) is 0 Å². The van der Waals surface area contributed by atoms with Crippen molar-refractivity contribution in [2.75, 3.05) is 7.11 Å². The van der Waals surface area contributed by atoms with Gasteiger partial charge in [0.2, 0.25) is 0 Å². The highest BCUT2D eigenvalue weighted by Gasteiger charge is 2.39. The highest BCUT2D eigenvalue weighted by atomic mass is 16.6. The molecule has 0 aliphatic carbocycles. The zero-order chi connectivity index (χ0) is 10.6. The molecule has 0 fully saturated rings. The van der Waals surface area contributed by atoms with Crippen LogP contribution >= 0.6 is 0 Å². The molecule has 0 atom stereocenters. The number of esters is 2. The van der Waals surface area contributed by atoms with Gasteiger partial charge < -0.3 is 9.47 Å². The van der Waals surface area contributed by atoms with Gasteiger partial charge in [-0.05, 0) is 27.7 Å². The molecule has 0 aliphatic heterocycles. The lowest BCUT2D eigenvalue weighted by Gasteiger charge is -2.20. The second kappa shape index (κ2) is 4.25. The minimum atomic E-state index is -1.22. The number of ether oxygens (including phenoxy) is 2. The van der Waals surface area contributed by atoms with Gasteiger partial charge in [-0.3, -0.25) is 9.59 Å². The molecule has 0 N–H and O–H groups in total. The van der Waals surface area contributed by atoms with E-state index >= 15 is 0 Å². The summed E-state index contributed by atoms with van der Waals surface area (Å²) < 4.78 is 9.38. The van der Waals surface area contributed by atoms with Crippen LogP contribution < -0.4 is 0 Å². The van der Waals surface area contributed by atoms with E-state index < -0.39 is 17.4 Å². The summed E-state index contributed by atoms with van der Waals surface area (Å²) in [7, 11) is 1.24. The van der Waals surface area contributed by atoms with E-state index in [4.69, 9.17) is 4.74 Å². The largest absolute Gasteiger partial charge is 0.468 e. The van der Waals surface area contributed by atoms with Crippen molar-refractivity contribution < 1.29 is 19.1 Å². The molecule has 4 heteroatoms. The third-order valence-electron chi connectivity index (χ3n) is 1.55. The van der Waals surface area contributed by atoms with Crippen molar-refractivity contribution in [3.05, 3.63) is 0 Å². The van der Waals surface area contributed by atoms with E-state index in [1.165, 1.54) is 21.0 Å². The van der Waals surface area contributed by atoms with Crippen LogP contribution in [0, 0.1) is 5.41 Å². The topological polar surface area (TPSA) is 52.6 Å². The molecule has 4 nitrogen and oxygen atoms in total. The van der Waals surface area contributed by atoms with Gasteiger partial charge in [-0.25, -0.2) is 0 Å². The quantitative estimate of drug-likeness (QED) is 0.492. The van der Waals surface area contributed by atoms with Crippen LogP contribution in [0.2, 0.25) is 0 Å². The Morgan fingerprint density at radius 3 is 1.92 bits per heavy atom. The summed E-state index contributed by atoms with van der Waals surface area (Å²) in [6.45, 7) is 6.41. The van der Waals surface area contributed by atoms with Crippen LogP contribution in [0.4, 0.5) is 0 Å². The summed E-state index contributed by atoms with van der Waals surface area (Å²) >= 11 is 0. The van der Waals surface area contributed by atoms with Gasteiger partial charge in [-0.15, -0.1) is 0 Å². The fourth-order valence-electron chi connectivity index (χ4n) is 0.700. The van der Waals surface area contributed by atoms with Crippen molar-refractivity contribution in [3.8, 4) is 0 Å². The third kappa shape index (κ3) is 3.05. The summed E-state index contributed by atoms with van der Waals surface area (Å²) in [6.07, 6.45) is -0.226. The lowest BCUT2D eigenvalue weighted by Crippen LogP contribution is -2.37. The van der Waals surface area contributed by atoms with Crippen LogP contribution in [0.1, 0.15) is 27.7 Å². The van der Waals surface area contributed by atoms with Gasteiger partial charge >= 0.3 is 11.9 Å². The van der Waals surface area contributed by atoms with Crippen molar-refractivity contribution in [2.24, 2.45) is 5.41 Å². The fraction of sp³-hybridized carbons (Fsp3) is 0.778. The van der Waals surface area contributed by atoms with Crippen molar-refractivity contribution in [3.63, 3.8) is 0 Å². The lowest BCUT2D eigenvalue weighted by atomic mass is 9.94. The number of carbonyl (C=O) groups is 2. The van der Waals surface area contributed by atoms with Crippen LogP contribution in [-0.4, -0.2) is 25.2 Å². The van der Waals surface area contributed by atoms with Gasteiger partial charge in [0.1, 0.15) is 0 Å². The van der Waals surface area contributed by atoms with Gasteiger partial charge in [0.25, 0.3) is 0 Å². The summed E-state index contributed by atoms with van der Waals surface area (Å²) in [4.78, 5) is 22.5. The summed E-state index contributed by atoms with van der Waals surface area (Å²) in [5.41, 5.74) is -1.22. The summed E-state index contributed by atoms with van der Waals surface area (Å²) in [5, 5.41) is 0. The smallest absolute Gasteiger partial charge is 0.323 e. The second-order valence-corrected chi connectivity index (χ2v) is 3.57. The maximum atomic E-state index is 11.4. The van der Waals surface area contributed by atoms with Gasteiger partial charge in [0.05, 0.1) is 13.2 Å². The Morgan fingerprint density at radius 1 is 1.15 bits per heavy atom. The van der Waals surface area contributed by atoms with Gasteiger partial charge in [0.15, 0.2) is 5.41 Å². The Hall–Kier alpha value is -1.06. The van der Waals surface area contributed by atoms with E-state index in [0.717, 1.165) is 0 Å². The predicted molar refractivity (Wildman–Crippen MR) is 47.0 cm³/mol. The molecule has 0 aromatic carbocycles. The molecule has 0 unspecified atom stereocenters. The van der Waals surface area contributed by atoms with Crippen molar-refractivity contribution in [1.29, 1.82) is 0 Å². The average Bonchev–Trinajstić information content (AvgIpc) is 2.01. The monoisotopic (exact) mass is 188 g/mol. The molecule has 0 saturated carbocycles. The third-order valence-corrected chi connectivity index (χ3v) is 1.55. The number of methoxy groups -OCH3 is 1. The normalized spacial score (nSPS) is 11.2. The summed E-state index contributed by atoms with van der Waals surface area (Å²) in [6, 6.07) is 0. The first-order valence-electron chi connectivity index (χ1n) is 4.12. The standard InChI is InChI=1S/C9H16O4/c1-6(2)13-8(11)9(3,4)7(10)12-5/h6H,1-5H3. The molecule has 0 saturated heterocycles. The molecule has 0 bridgehead atoms. The van der Waals surface area contributed by atoms with Gasteiger partial charge in [0, 0.05) is 0 Å². The molecule has 13 heavy (non-hydrogen) atoms. The van der Waals surface area contributed by atoms with Crippen LogP contribution in [-0.2, 0) is 19.1 Å². The molecule has 0 spiro atoms. The first-order chi connectivity index (χ1) is 5.82. The molecule has 76 valence electrons. The second-order valence-electron chi connectivity index (χ2n) is 3.57. The number of hydrogen-bond acceptors (Lipinski definition) is 4. The van der Waals surface area contributed by atoms with E-state index in [1.807, 2.05) is 0 Å². The highest BCUT2D eigenvalue weighted by Crippen LogP contribution is 2.19. The van der Waals surface area contributed by atoms with Crippen molar-refractivity contribution in [1.82, 2.24) is 0 Å². The molecule has 0 rings (SSSR count). The highest BCUT2D eigenvalue weighted by molar-refractivity contribution is 5.99. The van der Waals surface area contributed by atoms with Crippen molar-refractivity contribution >= 4 is 11.9 Å². The first kappa shape index (κ1) is 11.9. The molecule has 0 amide bonds. The predicted octanol–water partition coefficient (Wildman–Crippen LogP) is 1.14. The molecular weight excluding hydrogens is 172 g/mol. The molecule has 0 heterocycles. The molecule has 0 aromatic heterocycles. The van der Waals surface area contributed by atoms with E-state index in [0.29, 0.717) is 0 Å². The van der Waals surface area contributed by atoms with Crippen LogP contribution in [0.5, 0.6) is 0 Å². The summed E-state index contributed by atoms with van der Waals surface area (Å²) in [5.74, 6) is -1.15. The SMILES string of the molecule is COC(=O)C(C)(C)C(=O)OC(C)C. The average molecular weight is 188 g/mol. The minimum absolute atomic E-state index is 0.226. The molecule has 0 aromatic rings. The Balaban J connectivity index is 4.45. The number of rotatable bonds is 3. The van der Waals surface area contributed by atoms with E-state index in [2.05, 4.69) is 4.74 Å². The molecule has 0 aliphatic rings. The Bertz CT molecular complexity index is 206. The maximum Gasteiger partial charge on any atom is 0.323 e. The minimum Gasteiger partial charge on any atom is -0.468 e. The zero-order valence-electron chi connectivity index (χ0n) is 8.71. The number of carbonyl (C=O) groups excluding carboxylic acids is 2. The van der Waals surface area contributed by atoms with E-state index in [1.54, 1.807) is 13.8 Å².